The third kappa shape index (κ3) is 6.60. The van der Waals surface area contributed by atoms with Crippen LogP contribution < -0.4 is 4.74 Å². The van der Waals surface area contributed by atoms with Crippen molar-refractivity contribution in [3.05, 3.63) is 64.5 Å². The number of halogens is 1. The van der Waals surface area contributed by atoms with Gasteiger partial charge in [0.2, 0.25) is 0 Å². The fraction of sp³-hybridized carbons (Fsp3) is 0.536. The first kappa shape index (κ1) is 25.6. The van der Waals surface area contributed by atoms with Crippen LogP contribution in [0.4, 0.5) is 4.39 Å². The Morgan fingerprint density at radius 2 is 1.71 bits per heavy atom. The third-order valence-electron chi connectivity index (χ3n) is 7.22. The largest absolute Gasteiger partial charge is 0.483 e. The molecule has 0 bridgehead atoms. The number of carbonyl (C=O) groups is 1. The zero-order valence-electron chi connectivity index (χ0n) is 21.4. The lowest BCUT2D eigenvalue weighted by atomic mass is 10.0. The molecule has 35 heavy (non-hydrogen) atoms. The second-order valence-electron chi connectivity index (χ2n) is 10.0. The molecule has 2 heterocycles. The average Bonchev–Trinajstić information content (AvgIpc) is 2.84. The van der Waals surface area contributed by atoms with Gasteiger partial charge in [-0.2, -0.15) is 0 Å². The molecule has 6 nitrogen and oxygen atoms in total. The van der Waals surface area contributed by atoms with E-state index in [1.165, 1.54) is 23.3 Å². The van der Waals surface area contributed by atoms with Crippen molar-refractivity contribution < 1.29 is 18.7 Å². The summed E-state index contributed by atoms with van der Waals surface area (Å²) in [4.78, 5) is 19.8. The molecule has 2 atom stereocenters. The molecular formula is C28H38FN3O3. The van der Waals surface area contributed by atoms with E-state index in [2.05, 4.69) is 42.7 Å². The highest BCUT2D eigenvalue weighted by Crippen LogP contribution is 2.25. The fourth-order valence-electron chi connectivity index (χ4n) is 4.99. The number of nitrogens with zero attached hydrogens (tertiary/aromatic N) is 3. The van der Waals surface area contributed by atoms with Crippen molar-refractivity contribution in [3.8, 4) is 5.75 Å². The number of hydrogen-bond acceptors (Lipinski definition) is 5. The van der Waals surface area contributed by atoms with Gasteiger partial charge in [0.15, 0.2) is 6.61 Å². The molecule has 2 saturated heterocycles. The van der Waals surface area contributed by atoms with E-state index in [9.17, 15) is 9.18 Å². The topological polar surface area (TPSA) is 45.2 Å². The van der Waals surface area contributed by atoms with Crippen LogP contribution in [-0.4, -0.2) is 78.7 Å². The Morgan fingerprint density at radius 3 is 2.43 bits per heavy atom. The third-order valence-corrected chi connectivity index (χ3v) is 7.22. The summed E-state index contributed by atoms with van der Waals surface area (Å²) in [5.74, 6) is 0.570. The molecule has 0 aromatic heterocycles. The van der Waals surface area contributed by atoms with E-state index in [1.54, 1.807) is 0 Å². The predicted molar refractivity (Wildman–Crippen MR) is 135 cm³/mol. The second-order valence-corrected chi connectivity index (χ2v) is 10.0. The van der Waals surface area contributed by atoms with E-state index < -0.39 is 0 Å². The van der Waals surface area contributed by atoms with Crippen LogP contribution in [0.5, 0.6) is 5.75 Å². The van der Waals surface area contributed by atoms with Crippen molar-refractivity contribution in [2.24, 2.45) is 0 Å². The highest BCUT2D eigenvalue weighted by molar-refractivity contribution is 5.78. The quantitative estimate of drug-likeness (QED) is 0.600. The van der Waals surface area contributed by atoms with E-state index in [0.717, 1.165) is 62.8 Å². The van der Waals surface area contributed by atoms with Crippen LogP contribution in [0.2, 0.25) is 0 Å². The molecule has 2 unspecified atom stereocenters. The molecule has 2 aliphatic heterocycles. The lowest BCUT2D eigenvalue weighted by Crippen LogP contribution is -2.58. The molecule has 0 radical (unpaired) electrons. The molecule has 1 amide bonds. The molecule has 0 N–H and O–H groups in total. The standard InChI is InChI=1S/C28H38FN3O3/c1-20-14-27(21(2)13-25(20)18-30-9-11-34-12-10-30)35-19-28(33)32-16-22(3)31(15-23(32)4)17-24-5-7-26(29)8-6-24/h5-8,13-14,22-23H,9-12,15-19H2,1-4H3. The van der Waals surface area contributed by atoms with Gasteiger partial charge in [0, 0.05) is 51.4 Å². The summed E-state index contributed by atoms with van der Waals surface area (Å²) in [6.45, 7) is 15.0. The first-order chi connectivity index (χ1) is 16.8. The summed E-state index contributed by atoms with van der Waals surface area (Å²) in [5, 5.41) is 0. The number of carbonyl (C=O) groups excluding carboxylic acids is 1. The number of benzene rings is 2. The first-order valence-electron chi connectivity index (χ1n) is 12.6. The summed E-state index contributed by atoms with van der Waals surface area (Å²) in [5.41, 5.74) is 4.61. The molecule has 2 fully saturated rings. The Hall–Kier alpha value is -2.48. The normalized spacial score (nSPS) is 21.8. The Morgan fingerprint density at radius 1 is 1.00 bits per heavy atom. The van der Waals surface area contributed by atoms with Gasteiger partial charge in [0.1, 0.15) is 11.6 Å². The van der Waals surface area contributed by atoms with E-state index >= 15 is 0 Å². The molecule has 2 aliphatic rings. The van der Waals surface area contributed by atoms with Crippen LogP contribution >= 0.6 is 0 Å². The maximum atomic E-state index is 13.2. The van der Waals surface area contributed by atoms with Gasteiger partial charge in [-0.25, -0.2) is 4.39 Å². The molecule has 4 rings (SSSR count). The minimum absolute atomic E-state index is 0.0141. The number of amides is 1. The van der Waals surface area contributed by atoms with Gasteiger partial charge in [0.05, 0.1) is 13.2 Å². The maximum Gasteiger partial charge on any atom is 0.260 e. The van der Waals surface area contributed by atoms with Crippen molar-refractivity contribution in [3.63, 3.8) is 0 Å². The highest BCUT2D eigenvalue weighted by Gasteiger charge is 2.32. The first-order valence-corrected chi connectivity index (χ1v) is 12.6. The van der Waals surface area contributed by atoms with Crippen LogP contribution in [0.15, 0.2) is 36.4 Å². The molecule has 2 aromatic carbocycles. The Bertz CT molecular complexity index is 1010. The van der Waals surface area contributed by atoms with Crippen molar-refractivity contribution in [2.75, 3.05) is 46.0 Å². The van der Waals surface area contributed by atoms with Gasteiger partial charge in [-0.1, -0.05) is 18.2 Å². The Kier molecular flexibility index (Phi) is 8.42. The molecule has 190 valence electrons. The van der Waals surface area contributed by atoms with Crippen LogP contribution in [0.25, 0.3) is 0 Å². The fourth-order valence-corrected chi connectivity index (χ4v) is 4.99. The zero-order chi connectivity index (χ0) is 24.9. The minimum atomic E-state index is -0.220. The van der Waals surface area contributed by atoms with E-state index in [-0.39, 0.29) is 30.4 Å². The smallest absolute Gasteiger partial charge is 0.260 e. The zero-order valence-corrected chi connectivity index (χ0v) is 21.4. The number of piperazine rings is 1. The summed E-state index contributed by atoms with van der Waals surface area (Å²) in [6.07, 6.45) is 0. The number of rotatable bonds is 7. The number of hydrogen-bond donors (Lipinski definition) is 0. The van der Waals surface area contributed by atoms with Crippen LogP contribution in [0.1, 0.15) is 36.1 Å². The van der Waals surface area contributed by atoms with Crippen molar-refractivity contribution in [1.82, 2.24) is 14.7 Å². The number of aryl methyl sites for hydroxylation is 2. The van der Waals surface area contributed by atoms with Gasteiger partial charge < -0.3 is 14.4 Å². The van der Waals surface area contributed by atoms with Crippen LogP contribution in [0, 0.1) is 19.7 Å². The number of ether oxygens (including phenoxy) is 2. The average molecular weight is 484 g/mol. The van der Waals surface area contributed by atoms with Crippen molar-refractivity contribution >= 4 is 5.91 Å². The van der Waals surface area contributed by atoms with Gasteiger partial charge in [-0.3, -0.25) is 14.6 Å². The van der Waals surface area contributed by atoms with Gasteiger partial charge >= 0.3 is 0 Å². The molecule has 0 saturated carbocycles. The lowest BCUT2D eigenvalue weighted by Gasteiger charge is -2.44. The molecule has 7 heteroatoms. The molecule has 0 aliphatic carbocycles. The van der Waals surface area contributed by atoms with Crippen molar-refractivity contribution in [1.29, 1.82) is 0 Å². The maximum absolute atomic E-state index is 13.2. The summed E-state index contributed by atoms with van der Waals surface area (Å²) in [6, 6.07) is 11.2. The van der Waals surface area contributed by atoms with Crippen molar-refractivity contribution in [2.45, 2.75) is 52.9 Å². The Balaban J connectivity index is 1.31. The summed E-state index contributed by atoms with van der Waals surface area (Å²) < 4.78 is 24.7. The SMILES string of the molecule is Cc1cc(OCC(=O)N2CC(C)N(Cc3ccc(F)cc3)CC2C)c(C)cc1CN1CCOCC1. The minimum Gasteiger partial charge on any atom is -0.483 e. The molecular weight excluding hydrogens is 445 g/mol. The van der Waals surface area contributed by atoms with E-state index in [0.29, 0.717) is 6.54 Å². The van der Waals surface area contributed by atoms with Gasteiger partial charge in [-0.05, 0) is 68.1 Å². The van der Waals surface area contributed by atoms with Crippen LogP contribution in [0.3, 0.4) is 0 Å². The molecule has 0 spiro atoms. The Labute approximate surface area is 208 Å². The monoisotopic (exact) mass is 483 g/mol. The van der Waals surface area contributed by atoms with E-state index in [1.807, 2.05) is 24.0 Å². The lowest BCUT2D eigenvalue weighted by molar-refractivity contribution is -0.139. The highest BCUT2D eigenvalue weighted by atomic mass is 19.1. The predicted octanol–water partition coefficient (Wildman–Crippen LogP) is 3.77. The van der Waals surface area contributed by atoms with E-state index in [4.69, 9.17) is 9.47 Å². The number of morpholine rings is 1. The summed E-state index contributed by atoms with van der Waals surface area (Å²) in [7, 11) is 0. The van der Waals surface area contributed by atoms with Gasteiger partial charge in [0.25, 0.3) is 5.91 Å². The second kappa shape index (κ2) is 11.5. The van der Waals surface area contributed by atoms with Crippen LogP contribution in [-0.2, 0) is 22.6 Å². The van der Waals surface area contributed by atoms with Gasteiger partial charge in [-0.15, -0.1) is 0 Å². The summed E-state index contributed by atoms with van der Waals surface area (Å²) >= 11 is 0. The molecule has 2 aromatic rings.